The second-order valence-electron chi connectivity index (χ2n) is 3.86. The van der Waals surface area contributed by atoms with Gasteiger partial charge in [-0.3, -0.25) is 9.88 Å². The van der Waals surface area contributed by atoms with E-state index in [1.54, 1.807) is 0 Å². The summed E-state index contributed by atoms with van der Waals surface area (Å²) < 4.78 is 0. The van der Waals surface area contributed by atoms with Crippen molar-refractivity contribution in [2.45, 2.75) is 26.4 Å². The summed E-state index contributed by atoms with van der Waals surface area (Å²) in [6, 6.07) is 2.23. The van der Waals surface area contributed by atoms with Crippen LogP contribution in [0.1, 0.15) is 18.1 Å². The molecule has 3 nitrogen and oxygen atoms in total. The zero-order valence-electron chi connectivity index (χ0n) is 9.40. The molecule has 2 N–H and O–H groups in total. The van der Waals surface area contributed by atoms with E-state index in [0.717, 1.165) is 6.54 Å². The number of rotatable bonds is 4. The molecular formula is C11H17N3S. The van der Waals surface area contributed by atoms with E-state index >= 15 is 0 Å². The van der Waals surface area contributed by atoms with Crippen LogP contribution in [0.3, 0.4) is 0 Å². The summed E-state index contributed by atoms with van der Waals surface area (Å²) in [7, 11) is 2.01. The average Bonchev–Trinajstić information content (AvgIpc) is 2.16. The fraction of sp³-hybridized carbons (Fsp3) is 0.455. The third-order valence-electron chi connectivity index (χ3n) is 2.44. The van der Waals surface area contributed by atoms with Gasteiger partial charge in [-0.25, -0.2) is 0 Å². The molecule has 82 valence electrons. The molecule has 0 saturated heterocycles. The first-order chi connectivity index (χ1) is 7.00. The molecule has 0 fully saturated rings. The van der Waals surface area contributed by atoms with Gasteiger partial charge >= 0.3 is 0 Å². The van der Waals surface area contributed by atoms with Crippen molar-refractivity contribution >= 4 is 17.2 Å². The molecule has 15 heavy (non-hydrogen) atoms. The lowest BCUT2D eigenvalue weighted by molar-refractivity contribution is 0.304. The first-order valence-electron chi connectivity index (χ1n) is 4.91. The monoisotopic (exact) mass is 223 g/mol. The highest BCUT2D eigenvalue weighted by Crippen LogP contribution is 2.07. The maximum Gasteiger partial charge on any atom is 0.0899 e. The van der Waals surface area contributed by atoms with Gasteiger partial charge in [0, 0.05) is 18.9 Å². The van der Waals surface area contributed by atoms with Gasteiger partial charge in [-0.1, -0.05) is 18.3 Å². The van der Waals surface area contributed by atoms with Crippen molar-refractivity contribution < 1.29 is 0 Å². The Morgan fingerprint density at radius 2 is 2.27 bits per heavy atom. The minimum absolute atomic E-state index is 0.112. The summed E-state index contributed by atoms with van der Waals surface area (Å²) in [4.78, 5) is 6.79. The fourth-order valence-corrected chi connectivity index (χ4v) is 1.53. The van der Waals surface area contributed by atoms with Crippen LogP contribution in [-0.4, -0.2) is 28.0 Å². The van der Waals surface area contributed by atoms with Gasteiger partial charge in [0.1, 0.15) is 0 Å². The minimum Gasteiger partial charge on any atom is -0.392 e. The fourth-order valence-electron chi connectivity index (χ4n) is 1.35. The van der Waals surface area contributed by atoms with Gasteiger partial charge in [0.15, 0.2) is 0 Å². The highest BCUT2D eigenvalue weighted by atomic mass is 32.1. The van der Waals surface area contributed by atoms with Crippen molar-refractivity contribution in [2.24, 2.45) is 5.73 Å². The number of pyridine rings is 1. The molecule has 0 aliphatic carbocycles. The van der Waals surface area contributed by atoms with E-state index in [1.165, 1.54) is 11.1 Å². The summed E-state index contributed by atoms with van der Waals surface area (Å²) in [6.07, 6.45) is 3.72. The van der Waals surface area contributed by atoms with Gasteiger partial charge < -0.3 is 5.73 Å². The number of aromatic nitrogens is 1. The Bertz CT molecular complexity index is 351. The molecule has 0 aromatic carbocycles. The summed E-state index contributed by atoms with van der Waals surface area (Å²) in [5.41, 5.74) is 7.95. The van der Waals surface area contributed by atoms with Crippen molar-refractivity contribution in [1.82, 2.24) is 9.88 Å². The van der Waals surface area contributed by atoms with Crippen LogP contribution >= 0.6 is 12.2 Å². The van der Waals surface area contributed by atoms with Crippen molar-refractivity contribution in [3.63, 3.8) is 0 Å². The maximum absolute atomic E-state index is 5.59. The Morgan fingerprint density at radius 1 is 1.60 bits per heavy atom. The maximum atomic E-state index is 5.59. The Labute approximate surface area is 96.3 Å². The molecule has 0 saturated carbocycles. The zero-order valence-corrected chi connectivity index (χ0v) is 10.2. The van der Waals surface area contributed by atoms with Crippen molar-refractivity contribution in [1.29, 1.82) is 0 Å². The predicted molar refractivity (Wildman–Crippen MR) is 66.7 cm³/mol. The van der Waals surface area contributed by atoms with Crippen LogP contribution in [0.5, 0.6) is 0 Å². The number of nitrogens with zero attached hydrogens (tertiary/aromatic N) is 2. The molecule has 1 atom stereocenters. The summed E-state index contributed by atoms with van der Waals surface area (Å²) in [5.74, 6) is 0. The number of hydrogen-bond acceptors (Lipinski definition) is 3. The van der Waals surface area contributed by atoms with Gasteiger partial charge in [0.25, 0.3) is 0 Å². The lowest BCUT2D eigenvalue weighted by Gasteiger charge is -2.23. The Morgan fingerprint density at radius 3 is 2.80 bits per heavy atom. The summed E-state index contributed by atoms with van der Waals surface area (Å²) in [5, 5.41) is 0. The number of nitrogens with two attached hydrogens (primary N) is 1. The second kappa shape index (κ2) is 5.19. The molecule has 1 rings (SSSR count). The quantitative estimate of drug-likeness (QED) is 0.785. The zero-order chi connectivity index (χ0) is 11.4. The van der Waals surface area contributed by atoms with E-state index in [-0.39, 0.29) is 6.04 Å². The van der Waals surface area contributed by atoms with Crippen LogP contribution in [0.2, 0.25) is 0 Å². The van der Waals surface area contributed by atoms with Crippen molar-refractivity contribution in [3.05, 3.63) is 29.6 Å². The van der Waals surface area contributed by atoms with Crippen LogP contribution in [-0.2, 0) is 6.54 Å². The van der Waals surface area contributed by atoms with E-state index in [4.69, 9.17) is 18.0 Å². The number of hydrogen-bond donors (Lipinski definition) is 1. The lowest BCUT2D eigenvalue weighted by atomic mass is 10.2. The molecule has 1 unspecified atom stereocenters. The SMILES string of the molecule is Cc1cncc(CN(C)C(C)C(N)=S)c1. The van der Waals surface area contributed by atoms with Gasteiger partial charge in [0.2, 0.25) is 0 Å². The average molecular weight is 223 g/mol. The largest absolute Gasteiger partial charge is 0.392 e. The molecule has 1 aromatic heterocycles. The number of thiocarbonyl (C=S) groups is 1. The molecule has 0 aliphatic rings. The van der Waals surface area contributed by atoms with Gasteiger partial charge in [-0.2, -0.15) is 0 Å². The molecule has 1 heterocycles. The summed E-state index contributed by atoms with van der Waals surface area (Å²) >= 11 is 4.96. The third-order valence-corrected chi connectivity index (χ3v) is 2.78. The smallest absolute Gasteiger partial charge is 0.0899 e. The highest BCUT2D eigenvalue weighted by molar-refractivity contribution is 7.80. The molecule has 0 spiro atoms. The van der Waals surface area contributed by atoms with Gasteiger partial charge in [-0.15, -0.1) is 0 Å². The molecular weight excluding hydrogens is 206 g/mol. The van der Waals surface area contributed by atoms with E-state index in [9.17, 15) is 0 Å². The van der Waals surface area contributed by atoms with Crippen molar-refractivity contribution in [2.75, 3.05) is 7.05 Å². The topological polar surface area (TPSA) is 42.2 Å². The molecule has 0 bridgehead atoms. The molecule has 0 radical (unpaired) electrons. The van der Waals surface area contributed by atoms with Gasteiger partial charge in [-0.05, 0) is 32.0 Å². The molecule has 4 heteroatoms. The normalized spacial score (nSPS) is 12.8. The third kappa shape index (κ3) is 3.57. The minimum atomic E-state index is 0.112. The van der Waals surface area contributed by atoms with Gasteiger partial charge in [0.05, 0.1) is 11.0 Å². The van der Waals surface area contributed by atoms with Crippen LogP contribution in [0.4, 0.5) is 0 Å². The van der Waals surface area contributed by atoms with Crippen LogP contribution in [0, 0.1) is 6.92 Å². The lowest BCUT2D eigenvalue weighted by Crippen LogP contribution is -2.38. The van der Waals surface area contributed by atoms with Crippen LogP contribution in [0.25, 0.3) is 0 Å². The van der Waals surface area contributed by atoms with E-state index in [0.29, 0.717) is 4.99 Å². The van der Waals surface area contributed by atoms with Crippen LogP contribution in [0.15, 0.2) is 18.5 Å². The van der Waals surface area contributed by atoms with E-state index in [2.05, 4.69) is 16.0 Å². The summed E-state index contributed by atoms with van der Waals surface area (Å²) in [6.45, 7) is 4.85. The van der Waals surface area contributed by atoms with Crippen LogP contribution < -0.4 is 5.73 Å². The Kier molecular flexibility index (Phi) is 4.17. The number of aryl methyl sites for hydroxylation is 1. The standard InChI is InChI=1S/C11H17N3S/c1-8-4-10(6-13-5-8)7-14(3)9(2)11(12)15/h4-6,9H,7H2,1-3H3,(H2,12,15). The molecule has 0 aliphatic heterocycles. The first-order valence-corrected chi connectivity index (χ1v) is 5.31. The van der Waals surface area contributed by atoms with Crippen molar-refractivity contribution in [3.8, 4) is 0 Å². The molecule has 1 aromatic rings. The highest BCUT2D eigenvalue weighted by Gasteiger charge is 2.11. The number of likely N-dealkylation sites (N-methyl/N-ethyl adjacent to an activating group) is 1. The predicted octanol–water partition coefficient (Wildman–Crippen LogP) is 1.50. The first kappa shape index (κ1) is 12.1. The second-order valence-corrected chi connectivity index (χ2v) is 4.34. The van der Waals surface area contributed by atoms with E-state index in [1.807, 2.05) is 33.3 Å². The molecule has 0 amide bonds. The van der Waals surface area contributed by atoms with E-state index < -0.39 is 0 Å². The Balaban J connectivity index is 2.66. The Hall–Kier alpha value is -1.00.